The molecule has 1 aliphatic rings. The lowest BCUT2D eigenvalue weighted by Gasteiger charge is -2.15. The number of aromatic nitrogens is 2. The molecule has 0 saturated heterocycles. The molecule has 2 aromatic rings. The monoisotopic (exact) mass is 344 g/mol. The summed E-state index contributed by atoms with van der Waals surface area (Å²) in [4.78, 5) is 12.3. The van der Waals surface area contributed by atoms with Gasteiger partial charge >= 0.3 is 6.03 Å². The minimum absolute atomic E-state index is 0.294. The zero-order chi connectivity index (χ0) is 17.1. The summed E-state index contributed by atoms with van der Waals surface area (Å²) in [7, 11) is 1.85. The number of benzene rings is 1. The van der Waals surface area contributed by atoms with Crippen molar-refractivity contribution in [2.45, 2.75) is 32.6 Å². The summed E-state index contributed by atoms with van der Waals surface area (Å²) < 4.78 is 1.72. The summed E-state index contributed by atoms with van der Waals surface area (Å²) in [5, 5.41) is 10.9. The summed E-state index contributed by atoms with van der Waals surface area (Å²) in [6.45, 7) is 1.98. The first-order valence-corrected chi connectivity index (χ1v) is 8.49. The Hall–Kier alpha value is -2.27. The maximum atomic E-state index is 12.3. The molecule has 0 spiro atoms. The van der Waals surface area contributed by atoms with E-state index >= 15 is 0 Å². The molecule has 0 saturated carbocycles. The highest BCUT2D eigenvalue weighted by molar-refractivity contribution is 6.30. The van der Waals surface area contributed by atoms with Crippen LogP contribution in [0.1, 0.15) is 36.9 Å². The molecule has 1 aromatic carbocycles. The van der Waals surface area contributed by atoms with Gasteiger partial charge in [0, 0.05) is 23.3 Å². The molecule has 2 amide bonds. The molecule has 0 fully saturated rings. The second kappa shape index (κ2) is 7.09. The van der Waals surface area contributed by atoms with Crippen LogP contribution in [0.4, 0.5) is 16.3 Å². The molecule has 3 rings (SSSR count). The number of hydrogen-bond acceptors (Lipinski definition) is 2. The zero-order valence-corrected chi connectivity index (χ0v) is 14.7. The Morgan fingerprint density at radius 2 is 1.96 bits per heavy atom. The number of halogens is 1. The molecule has 1 aliphatic carbocycles. The number of anilines is 2. The zero-order valence-electron chi connectivity index (χ0n) is 13.9. The molecule has 0 atom stereocenters. The first kappa shape index (κ1) is 16.6. The molecule has 0 aliphatic heterocycles. The number of allylic oxidation sites excluding steroid dienone is 2. The van der Waals surface area contributed by atoms with Crippen LogP contribution in [0.25, 0.3) is 5.57 Å². The number of hydrogen-bond donors (Lipinski definition) is 2. The average molecular weight is 345 g/mol. The lowest BCUT2D eigenvalue weighted by atomic mass is 9.93. The minimum atomic E-state index is -0.294. The van der Waals surface area contributed by atoms with Gasteiger partial charge in [-0.1, -0.05) is 17.7 Å². The van der Waals surface area contributed by atoms with E-state index in [-0.39, 0.29) is 6.03 Å². The predicted molar refractivity (Wildman–Crippen MR) is 98.5 cm³/mol. The first-order valence-electron chi connectivity index (χ1n) is 8.11. The van der Waals surface area contributed by atoms with Crippen molar-refractivity contribution in [2.24, 2.45) is 7.05 Å². The third-order valence-electron chi connectivity index (χ3n) is 4.17. The number of urea groups is 1. The van der Waals surface area contributed by atoms with Crippen LogP contribution in [0.2, 0.25) is 5.02 Å². The molecule has 1 heterocycles. The van der Waals surface area contributed by atoms with E-state index in [0.29, 0.717) is 10.7 Å². The lowest BCUT2D eigenvalue weighted by molar-refractivity contribution is 0.262. The highest BCUT2D eigenvalue weighted by Gasteiger charge is 2.20. The normalized spacial score (nSPS) is 14.2. The van der Waals surface area contributed by atoms with Crippen LogP contribution >= 0.6 is 11.6 Å². The van der Waals surface area contributed by atoms with Gasteiger partial charge in [0.05, 0.1) is 5.69 Å². The van der Waals surface area contributed by atoms with Gasteiger partial charge < -0.3 is 5.32 Å². The maximum Gasteiger partial charge on any atom is 0.324 e. The summed E-state index contributed by atoms with van der Waals surface area (Å²) in [5.74, 6) is 0.729. The molecule has 5 nitrogen and oxygen atoms in total. The van der Waals surface area contributed by atoms with Crippen molar-refractivity contribution in [2.75, 3.05) is 10.6 Å². The Labute approximate surface area is 146 Å². The predicted octanol–water partition coefficient (Wildman–Crippen LogP) is 4.98. The minimum Gasteiger partial charge on any atom is -0.308 e. The lowest BCUT2D eigenvalue weighted by Crippen LogP contribution is -2.21. The SMILES string of the molecule is Cc1nn(C)c(NC(=O)Nc2ccc(Cl)cc2)c1C1=CCCCC1. The van der Waals surface area contributed by atoms with E-state index in [1.807, 2.05) is 14.0 Å². The second-order valence-electron chi connectivity index (χ2n) is 5.99. The van der Waals surface area contributed by atoms with Gasteiger partial charge in [-0.15, -0.1) is 0 Å². The van der Waals surface area contributed by atoms with E-state index in [2.05, 4.69) is 21.8 Å². The van der Waals surface area contributed by atoms with Gasteiger partial charge in [0.25, 0.3) is 0 Å². The Morgan fingerprint density at radius 3 is 2.62 bits per heavy atom. The van der Waals surface area contributed by atoms with E-state index in [9.17, 15) is 4.79 Å². The van der Waals surface area contributed by atoms with Gasteiger partial charge in [-0.3, -0.25) is 10.00 Å². The number of nitrogens with one attached hydrogen (secondary N) is 2. The third-order valence-corrected chi connectivity index (χ3v) is 4.42. The van der Waals surface area contributed by atoms with Crippen LogP contribution < -0.4 is 10.6 Å². The summed E-state index contributed by atoms with van der Waals surface area (Å²) in [6, 6.07) is 6.72. The third kappa shape index (κ3) is 3.62. The molecular formula is C18H21ClN4O. The van der Waals surface area contributed by atoms with Crippen LogP contribution in [-0.2, 0) is 7.05 Å². The van der Waals surface area contributed by atoms with Gasteiger partial charge in [0.1, 0.15) is 5.82 Å². The number of amides is 2. The number of aryl methyl sites for hydroxylation is 2. The van der Waals surface area contributed by atoms with Crippen molar-refractivity contribution < 1.29 is 4.79 Å². The molecule has 24 heavy (non-hydrogen) atoms. The first-order chi connectivity index (χ1) is 11.5. The summed E-state index contributed by atoms with van der Waals surface area (Å²) in [6.07, 6.45) is 6.77. The van der Waals surface area contributed by atoms with Crippen LogP contribution in [0.3, 0.4) is 0 Å². The molecule has 2 N–H and O–H groups in total. The largest absolute Gasteiger partial charge is 0.324 e. The highest BCUT2D eigenvalue weighted by atomic mass is 35.5. The second-order valence-corrected chi connectivity index (χ2v) is 6.43. The number of carbonyl (C=O) groups is 1. The van der Waals surface area contributed by atoms with Gasteiger partial charge in [0.15, 0.2) is 0 Å². The van der Waals surface area contributed by atoms with Gasteiger partial charge in [0.2, 0.25) is 0 Å². The molecule has 1 aromatic heterocycles. The van der Waals surface area contributed by atoms with Gasteiger partial charge in [-0.05, 0) is 62.4 Å². The number of rotatable bonds is 3. The quantitative estimate of drug-likeness (QED) is 0.824. The fraction of sp³-hybridized carbons (Fsp3) is 0.333. The van der Waals surface area contributed by atoms with Crippen molar-refractivity contribution in [3.8, 4) is 0 Å². The molecule has 0 unspecified atom stereocenters. The van der Waals surface area contributed by atoms with Crippen LogP contribution in [0.5, 0.6) is 0 Å². The molecule has 6 heteroatoms. The van der Waals surface area contributed by atoms with E-state index in [0.717, 1.165) is 29.9 Å². The van der Waals surface area contributed by atoms with Crippen molar-refractivity contribution in [3.05, 3.63) is 46.6 Å². The average Bonchev–Trinajstić information content (AvgIpc) is 2.84. The van der Waals surface area contributed by atoms with Crippen LogP contribution in [0, 0.1) is 6.92 Å². The fourth-order valence-electron chi connectivity index (χ4n) is 3.05. The molecule has 126 valence electrons. The van der Waals surface area contributed by atoms with Gasteiger partial charge in [-0.2, -0.15) is 5.10 Å². The summed E-state index contributed by atoms with van der Waals surface area (Å²) >= 11 is 5.86. The Kier molecular flexibility index (Phi) is 4.90. The Morgan fingerprint density at radius 1 is 1.21 bits per heavy atom. The molecular weight excluding hydrogens is 324 g/mol. The van der Waals surface area contributed by atoms with E-state index < -0.39 is 0 Å². The van der Waals surface area contributed by atoms with Gasteiger partial charge in [-0.25, -0.2) is 4.79 Å². The van der Waals surface area contributed by atoms with Crippen molar-refractivity contribution in [1.82, 2.24) is 9.78 Å². The Balaban J connectivity index is 1.80. The Bertz CT molecular complexity index is 777. The van der Waals surface area contributed by atoms with E-state index in [1.54, 1.807) is 28.9 Å². The standard InChI is InChI=1S/C18H21ClN4O/c1-12-16(13-6-4-3-5-7-13)17(23(2)22-12)21-18(24)20-15-10-8-14(19)9-11-15/h6,8-11H,3-5,7H2,1-2H3,(H2,20,21,24). The molecule has 0 radical (unpaired) electrons. The van der Waals surface area contributed by atoms with Crippen LogP contribution in [0.15, 0.2) is 30.3 Å². The smallest absolute Gasteiger partial charge is 0.308 e. The number of nitrogens with zero attached hydrogens (tertiary/aromatic N) is 2. The maximum absolute atomic E-state index is 12.3. The van der Waals surface area contributed by atoms with E-state index in [1.165, 1.54) is 18.4 Å². The highest BCUT2D eigenvalue weighted by Crippen LogP contribution is 2.33. The van der Waals surface area contributed by atoms with Crippen molar-refractivity contribution >= 4 is 34.7 Å². The molecule has 0 bridgehead atoms. The van der Waals surface area contributed by atoms with Crippen molar-refractivity contribution in [3.63, 3.8) is 0 Å². The fourth-order valence-corrected chi connectivity index (χ4v) is 3.18. The van der Waals surface area contributed by atoms with E-state index in [4.69, 9.17) is 11.6 Å². The van der Waals surface area contributed by atoms with Crippen molar-refractivity contribution in [1.29, 1.82) is 0 Å². The number of carbonyl (C=O) groups excluding carboxylic acids is 1. The van der Waals surface area contributed by atoms with Crippen LogP contribution in [-0.4, -0.2) is 15.8 Å². The topological polar surface area (TPSA) is 59.0 Å². The summed E-state index contributed by atoms with van der Waals surface area (Å²) in [5.41, 5.74) is 3.94.